The summed E-state index contributed by atoms with van der Waals surface area (Å²) in [5.74, 6) is 1.41. The molecule has 80 valence electrons. The first-order valence-corrected chi connectivity index (χ1v) is 5.21. The second-order valence-electron chi connectivity index (χ2n) is 3.07. The van der Waals surface area contributed by atoms with E-state index in [1.807, 2.05) is 13.0 Å². The highest BCUT2D eigenvalue weighted by atomic mass is 79.9. The summed E-state index contributed by atoms with van der Waals surface area (Å²) in [6.07, 6.45) is 0.326. The number of nitriles is 1. The van der Waals surface area contributed by atoms with Crippen LogP contribution < -0.4 is 9.47 Å². The molecular weight excluding hydrogens is 258 g/mol. The van der Waals surface area contributed by atoms with E-state index in [0.717, 1.165) is 21.3 Å². The minimum Gasteiger partial charge on any atom is -0.495 e. The Morgan fingerprint density at radius 3 is 2.40 bits per heavy atom. The quantitative estimate of drug-likeness (QED) is 0.848. The molecule has 0 fully saturated rings. The molecule has 3 nitrogen and oxygen atoms in total. The van der Waals surface area contributed by atoms with Crippen LogP contribution in [0.2, 0.25) is 0 Å². The van der Waals surface area contributed by atoms with Crippen LogP contribution in [0.25, 0.3) is 0 Å². The highest BCUT2D eigenvalue weighted by molar-refractivity contribution is 9.10. The monoisotopic (exact) mass is 269 g/mol. The maximum atomic E-state index is 8.70. The van der Waals surface area contributed by atoms with E-state index in [1.165, 1.54) is 0 Å². The summed E-state index contributed by atoms with van der Waals surface area (Å²) in [4.78, 5) is 0. The fourth-order valence-electron chi connectivity index (χ4n) is 1.50. The lowest BCUT2D eigenvalue weighted by molar-refractivity contribution is 0.385. The van der Waals surface area contributed by atoms with Crippen molar-refractivity contribution in [1.82, 2.24) is 0 Å². The third kappa shape index (κ3) is 2.24. The lowest BCUT2D eigenvalue weighted by Crippen LogP contribution is -1.97. The lowest BCUT2D eigenvalue weighted by atomic mass is 10.1. The van der Waals surface area contributed by atoms with Gasteiger partial charge in [0.25, 0.3) is 0 Å². The van der Waals surface area contributed by atoms with Crippen LogP contribution >= 0.6 is 15.9 Å². The second-order valence-corrected chi connectivity index (χ2v) is 3.86. The van der Waals surface area contributed by atoms with Gasteiger partial charge in [-0.3, -0.25) is 0 Å². The van der Waals surface area contributed by atoms with Gasteiger partial charge in [-0.2, -0.15) is 5.26 Å². The largest absolute Gasteiger partial charge is 0.495 e. The van der Waals surface area contributed by atoms with Gasteiger partial charge in [0.05, 0.1) is 26.7 Å². The van der Waals surface area contributed by atoms with Crippen LogP contribution in [0.15, 0.2) is 10.5 Å². The van der Waals surface area contributed by atoms with Crippen LogP contribution in [-0.2, 0) is 6.42 Å². The lowest BCUT2D eigenvalue weighted by Gasteiger charge is -2.14. The van der Waals surface area contributed by atoms with Crippen molar-refractivity contribution in [2.45, 2.75) is 13.3 Å². The van der Waals surface area contributed by atoms with Crippen LogP contribution in [0.3, 0.4) is 0 Å². The van der Waals surface area contributed by atoms with Gasteiger partial charge in [0, 0.05) is 5.56 Å². The predicted molar refractivity (Wildman–Crippen MR) is 61.3 cm³/mol. The maximum absolute atomic E-state index is 8.70. The minimum atomic E-state index is 0.326. The molecule has 0 aliphatic carbocycles. The number of halogens is 1. The Bertz CT molecular complexity index is 410. The molecule has 1 aromatic carbocycles. The van der Waals surface area contributed by atoms with Gasteiger partial charge in [-0.25, -0.2) is 0 Å². The van der Waals surface area contributed by atoms with Gasteiger partial charge in [-0.15, -0.1) is 0 Å². The average molecular weight is 270 g/mol. The molecule has 0 N–H and O–H groups in total. The average Bonchev–Trinajstić information content (AvgIpc) is 2.19. The van der Waals surface area contributed by atoms with Crippen molar-refractivity contribution in [3.63, 3.8) is 0 Å². The van der Waals surface area contributed by atoms with Crippen molar-refractivity contribution in [1.29, 1.82) is 5.26 Å². The summed E-state index contributed by atoms with van der Waals surface area (Å²) in [7, 11) is 3.19. The van der Waals surface area contributed by atoms with Crippen molar-refractivity contribution in [2.24, 2.45) is 0 Å². The molecule has 0 aliphatic heterocycles. The summed E-state index contributed by atoms with van der Waals surface area (Å²) in [5, 5.41) is 8.70. The molecule has 0 spiro atoms. The summed E-state index contributed by atoms with van der Waals surface area (Å²) >= 11 is 3.41. The van der Waals surface area contributed by atoms with E-state index in [1.54, 1.807) is 14.2 Å². The fourth-order valence-corrected chi connectivity index (χ4v) is 2.39. The molecule has 0 amide bonds. The molecule has 15 heavy (non-hydrogen) atoms. The van der Waals surface area contributed by atoms with Gasteiger partial charge in [-0.05, 0) is 34.5 Å². The maximum Gasteiger partial charge on any atom is 0.141 e. The van der Waals surface area contributed by atoms with Gasteiger partial charge in [0.2, 0.25) is 0 Å². The van der Waals surface area contributed by atoms with E-state index < -0.39 is 0 Å². The van der Waals surface area contributed by atoms with E-state index >= 15 is 0 Å². The first-order valence-electron chi connectivity index (χ1n) is 4.42. The Morgan fingerprint density at radius 1 is 1.33 bits per heavy atom. The molecule has 0 aliphatic rings. The summed E-state index contributed by atoms with van der Waals surface area (Å²) in [6.45, 7) is 1.93. The number of hydrogen-bond acceptors (Lipinski definition) is 3. The zero-order valence-corrected chi connectivity index (χ0v) is 10.5. The van der Waals surface area contributed by atoms with Crippen molar-refractivity contribution in [3.8, 4) is 17.6 Å². The molecule has 4 heteroatoms. The second kappa shape index (κ2) is 5.04. The Kier molecular flexibility index (Phi) is 3.98. The van der Waals surface area contributed by atoms with Gasteiger partial charge in [-0.1, -0.05) is 0 Å². The molecule has 0 saturated carbocycles. The summed E-state index contributed by atoms with van der Waals surface area (Å²) < 4.78 is 11.3. The molecule has 0 aromatic heterocycles. The highest BCUT2D eigenvalue weighted by Gasteiger charge is 2.15. The highest BCUT2D eigenvalue weighted by Crippen LogP contribution is 2.39. The summed E-state index contributed by atoms with van der Waals surface area (Å²) in [6, 6.07) is 4.02. The van der Waals surface area contributed by atoms with E-state index in [-0.39, 0.29) is 0 Å². The first-order chi connectivity index (χ1) is 7.15. The van der Waals surface area contributed by atoms with E-state index in [9.17, 15) is 0 Å². The molecule has 1 aromatic rings. The van der Waals surface area contributed by atoms with Gasteiger partial charge < -0.3 is 9.47 Å². The number of nitrogens with zero attached hydrogens (tertiary/aromatic N) is 1. The third-order valence-corrected chi connectivity index (χ3v) is 2.84. The molecule has 0 heterocycles. The predicted octanol–water partition coefficient (Wildman–Crippen LogP) is 2.84. The van der Waals surface area contributed by atoms with Crippen molar-refractivity contribution in [3.05, 3.63) is 21.7 Å². The summed E-state index contributed by atoms with van der Waals surface area (Å²) in [5.41, 5.74) is 1.85. The number of hydrogen-bond donors (Lipinski definition) is 0. The van der Waals surface area contributed by atoms with Gasteiger partial charge in [0.15, 0.2) is 0 Å². The molecule has 1 rings (SSSR count). The zero-order chi connectivity index (χ0) is 11.4. The Balaban J connectivity index is 3.38. The SMILES string of the molecule is COc1c(C)cc(CC#N)c(OC)c1Br. The Morgan fingerprint density at radius 2 is 1.93 bits per heavy atom. The van der Waals surface area contributed by atoms with Gasteiger partial charge in [0.1, 0.15) is 16.0 Å². The topological polar surface area (TPSA) is 42.2 Å². The molecule has 0 saturated heterocycles. The van der Waals surface area contributed by atoms with Crippen LogP contribution in [0.4, 0.5) is 0 Å². The van der Waals surface area contributed by atoms with E-state index in [2.05, 4.69) is 22.0 Å². The molecule has 0 atom stereocenters. The van der Waals surface area contributed by atoms with Gasteiger partial charge >= 0.3 is 0 Å². The van der Waals surface area contributed by atoms with E-state index in [0.29, 0.717) is 12.2 Å². The van der Waals surface area contributed by atoms with Crippen LogP contribution in [-0.4, -0.2) is 14.2 Å². The molecular formula is C11H12BrNO2. The van der Waals surface area contributed by atoms with Crippen molar-refractivity contribution in [2.75, 3.05) is 14.2 Å². The Hall–Kier alpha value is -1.21. The van der Waals surface area contributed by atoms with Crippen LogP contribution in [0.5, 0.6) is 11.5 Å². The van der Waals surface area contributed by atoms with Crippen molar-refractivity contribution < 1.29 is 9.47 Å². The number of ether oxygens (including phenoxy) is 2. The molecule has 0 radical (unpaired) electrons. The number of aryl methyl sites for hydroxylation is 1. The smallest absolute Gasteiger partial charge is 0.141 e. The fraction of sp³-hybridized carbons (Fsp3) is 0.364. The number of methoxy groups -OCH3 is 2. The molecule has 0 unspecified atom stereocenters. The standard InChI is InChI=1S/C11H12BrNO2/c1-7-6-8(4-5-13)11(15-3)9(12)10(7)14-2/h6H,4H2,1-3H3. The first kappa shape index (κ1) is 11.9. The number of benzene rings is 1. The minimum absolute atomic E-state index is 0.326. The normalized spacial score (nSPS) is 9.53. The molecule has 0 bridgehead atoms. The van der Waals surface area contributed by atoms with E-state index in [4.69, 9.17) is 14.7 Å². The third-order valence-electron chi connectivity index (χ3n) is 2.12. The zero-order valence-electron chi connectivity index (χ0n) is 8.93. The van der Waals surface area contributed by atoms with Crippen molar-refractivity contribution >= 4 is 15.9 Å². The van der Waals surface area contributed by atoms with Crippen LogP contribution in [0, 0.1) is 18.3 Å². The number of rotatable bonds is 3. The Labute approximate surface area is 97.7 Å². The van der Waals surface area contributed by atoms with Crippen LogP contribution in [0.1, 0.15) is 11.1 Å².